The van der Waals surface area contributed by atoms with Crippen LogP contribution in [0, 0.1) is 0 Å². The van der Waals surface area contributed by atoms with Crippen molar-refractivity contribution in [1.29, 1.82) is 0 Å². The number of benzene rings is 1. The van der Waals surface area contributed by atoms with Gasteiger partial charge in [0.05, 0.1) is 7.11 Å². The van der Waals surface area contributed by atoms with E-state index in [-0.39, 0.29) is 0 Å². The standard InChI is InChI=1S/C16H22N2OS2/c1-4-9-17-15(12(2)21-16-18-10-11-20-16)13-5-7-14(19-3)8-6-13/h5-8,10-12,15,17H,4,9H2,1-3H3. The van der Waals surface area contributed by atoms with Crippen LogP contribution in [0.25, 0.3) is 0 Å². The molecule has 2 rings (SSSR count). The van der Waals surface area contributed by atoms with E-state index >= 15 is 0 Å². The van der Waals surface area contributed by atoms with E-state index in [1.807, 2.05) is 35.5 Å². The third kappa shape index (κ3) is 4.73. The topological polar surface area (TPSA) is 34.1 Å². The van der Waals surface area contributed by atoms with Gasteiger partial charge in [0.25, 0.3) is 0 Å². The first kappa shape index (κ1) is 16.3. The average molecular weight is 322 g/mol. The van der Waals surface area contributed by atoms with Crippen molar-refractivity contribution < 1.29 is 4.74 Å². The molecule has 0 saturated carbocycles. The van der Waals surface area contributed by atoms with Gasteiger partial charge in [-0.2, -0.15) is 0 Å². The minimum absolute atomic E-state index is 0.310. The number of ether oxygens (including phenoxy) is 1. The number of aromatic nitrogens is 1. The van der Waals surface area contributed by atoms with E-state index in [9.17, 15) is 0 Å². The molecule has 114 valence electrons. The zero-order valence-corrected chi connectivity index (χ0v) is 14.3. The van der Waals surface area contributed by atoms with E-state index in [1.54, 1.807) is 18.4 Å². The summed E-state index contributed by atoms with van der Waals surface area (Å²) in [6.45, 7) is 5.46. The highest BCUT2D eigenvalue weighted by atomic mass is 32.2. The first-order chi connectivity index (χ1) is 10.2. The zero-order chi connectivity index (χ0) is 15.1. The van der Waals surface area contributed by atoms with Crippen molar-refractivity contribution in [1.82, 2.24) is 10.3 Å². The van der Waals surface area contributed by atoms with Crippen LogP contribution in [0.2, 0.25) is 0 Å². The van der Waals surface area contributed by atoms with Crippen LogP contribution in [0.4, 0.5) is 0 Å². The number of methoxy groups -OCH3 is 1. The van der Waals surface area contributed by atoms with Crippen molar-refractivity contribution in [2.75, 3.05) is 13.7 Å². The lowest BCUT2D eigenvalue weighted by molar-refractivity contribution is 0.414. The fourth-order valence-electron chi connectivity index (χ4n) is 2.16. The molecule has 5 heteroatoms. The van der Waals surface area contributed by atoms with Gasteiger partial charge in [0.15, 0.2) is 0 Å². The predicted octanol–water partition coefficient (Wildman–Crippen LogP) is 4.37. The molecule has 21 heavy (non-hydrogen) atoms. The highest BCUT2D eigenvalue weighted by Crippen LogP contribution is 2.33. The Morgan fingerprint density at radius 2 is 2.10 bits per heavy atom. The summed E-state index contributed by atoms with van der Waals surface area (Å²) in [4.78, 5) is 4.37. The molecule has 1 aromatic heterocycles. The molecule has 0 radical (unpaired) electrons. The normalized spacial score (nSPS) is 13.9. The van der Waals surface area contributed by atoms with E-state index in [0.717, 1.165) is 23.1 Å². The maximum absolute atomic E-state index is 5.24. The Labute approximate surface area is 135 Å². The van der Waals surface area contributed by atoms with Gasteiger partial charge >= 0.3 is 0 Å². The SMILES string of the molecule is CCCNC(c1ccc(OC)cc1)C(C)Sc1nccs1. The van der Waals surface area contributed by atoms with Gasteiger partial charge < -0.3 is 10.1 Å². The van der Waals surface area contributed by atoms with Gasteiger partial charge in [-0.1, -0.05) is 37.7 Å². The summed E-state index contributed by atoms with van der Waals surface area (Å²) in [5.41, 5.74) is 1.29. The Kier molecular flexibility index (Phi) is 6.54. The number of rotatable bonds is 8. The summed E-state index contributed by atoms with van der Waals surface area (Å²) in [6, 6.07) is 8.65. The summed E-state index contributed by atoms with van der Waals surface area (Å²) < 4.78 is 6.37. The van der Waals surface area contributed by atoms with Gasteiger partial charge in [-0.25, -0.2) is 4.98 Å². The van der Waals surface area contributed by atoms with Crippen LogP contribution in [0.1, 0.15) is 31.9 Å². The second kappa shape index (κ2) is 8.41. The van der Waals surface area contributed by atoms with Crippen molar-refractivity contribution in [3.8, 4) is 5.75 Å². The summed E-state index contributed by atoms with van der Waals surface area (Å²) in [7, 11) is 1.70. The largest absolute Gasteiger partial charge is 0.497 e. The van der Waals surface area contributed by atoms with Gasteiger partial charge in [-0.15, -0.1) is 11.3 Å². The first-order valence-corrected chi connectivity index (χ1v) is 8.94. The molecule has 2 unspecified atom stereocenters. The maximum Gasteiger partial charge on any atom is 0.150 e. The molecule has 2 aromatic rings. The fourth-order valence-corrected chi connectivity index (χ4v) is 4.19. The smallest absolute Gasteiger partial charge is 0.150 e. The lowest BCUT2D eigenvalue weighted by Gasteiger charge is -2.25. The van der Waals surface area contributed by atoms with E-state index in [0.29, 0.717) is 11.3 Å². The molecule has 0 aliphatic rings. The number of hydrogen-bond donors (Lipinski definition) is 1. The molecule has 0 saturated heterocycles. The number of nitrogens with zero attached hydrogens (tertiary/aromatic N) is 1. The molecule has 0 aliphatic heterocycles. The van der Waals surface area contributed by atoms with E-state index in [1.165, 1.54) is 5.56 Å². The van der Waals surface area contributed by atoms with Crippen molar-refractivity contribution in [2.24, 2.45) is 0 Å². The maximum atomic E-state index is 5.24. The van der Waals surface area contributed by atoms with Crippen molar-refractivity contribution in [2.45, 2.75) is 35.9 Å². The Bertz CT molecular complexity index is 514. The average Bonchev–Trinajstić information content (AvgIpc) is 3.01. The third-order valence-corrected chi connectivity index (χ3v) is 5.35. The lowest BCUT2D eigenvalue weighted by Crippen LogP contribution is -2.29. The summed E-state index contributed by atoms with van der Waals surface area (Å²) in [5, 5.41) is 6.09. The Morgan fingerprint density at radius 1 is 1.33 bits per heavy atom. The van der Waals surface area contributed by atoms with Crippen LogP contribution in [0.5, 0.6) is 5.75 Å². The molecule has 0 fully saturated rings. The molecule has 1 aromatic carbocycles. The summed E-state index contributed by atoms with van der Waals surface area (Å²) in [5.74, 6) is 0.897. The van der Waals surface area contributed by atoms with Gasteiger partial charge in [-0.3, -0.25) is 0 Å². The molecular weight excluding hydrogens is 300 g/mol. The van der Waals surface area contributed by atoms with Crippen LogP contribution in [0.3, 0.4) is 0 Å². The fraction of sp³-hybridized carbons (Fsp3) is 0.438. The summed E-state index contributed by atoms with van der Waals surface area (Å²) in [6.07, 6.45) is 2.99. The molecule has 3 nitrogen and oxygen atoms in total. The first-order valence-electron chi connectivity index (χ1n) is 7.18. The van der Waals surface area contributed by atoms with Gasteiger partial charge in [-0.05, 0) is 30.7 Å². The number of nitrogens with one attached hydrogen (secondary N) is 1. The van der Waals surface area contributed by atoms with E-state index in [2.05, 4.69) is 36.3 Å². The van der Waals surface area contributed by atoms with Gasteiger partial charge in [0.1, 0.15) is 10.1 Å². The van der Waals surface area contributed by atoms with Crippen molar-refractivity contribution >= 4 is 23.1 Å². The quantitative estimate of drug-likeness (QED) is 0.732. The third-order valence-electron chi connectivity index (χ3n) is 3.25. The van der Waals surface area contributed by atoms with E-state index in [4.69, 9.17) is 4.74 Å². The Morgan fingerprint density at radius 3 is 2.67 bits per heavy atom. The Hall–Kier alpha value is -1.04. The summed E-state index contributed by atoms with van der Waals surface area (Å²) >= 11 is 3.53. The zero-order valence-electron chi connectivity index (χ0n) is 12.7. The molecule has 1 heterocycles. The monoisotopic (exact) mass is 322 g/mol. The van der Waals surface area contributed by atoms with Gasteiger partial charge in [0, 0.05) is 22.9 Å². The number of thiazole rings is 1. The molecule has 0 bridgehead atoms. The molecule has 0 spiro atoms. The second-order valence-corrected chi connectivity index (χ2v) is 7.34. The molecule has 0 aliphatic carbocycles. The molecule has 2 atom stereocenters. The lowest BCUT2D eigenvalue weighted by atomic mass is 10.0. The van der Waals surface area contributed by atoms with Crippen LogP contribution in [0.15, 0.2) is 40.2 Å². The van der Waals surface area contributed by atoms with Gasteiger partial charge in [0.2, 0.25) is 0 Å². The minimum Gasteiger partial charge on any atom is -0.497 e. The predicted molar refractivity (Wildman–Crippen MR) is 91.5 cm³/mol. The second-order valence-electron chi connectivity index (χ2n) is 4.83. The van der Waals surface area contributed by atoms with Crippen LogP contribution in [-0.2, 0) is 0 Å². The highest BCUT2D eigenvalue weighted by Gasteiger charge is 2.20. The van der Waals surface area contributed by atoms with Crippen LogP contribution < -0.4 is 10.1 Å². The highest BCUT2D eigenvalue weighted by molar-refractivity contribution is 8.01. The Balaban J connectivity index is 2.11. The van der Waals surface area contributed by atoms with Crippen LogP contribution >= 0.6 is 23.1 Å². The minimum atomic E-state index is 0.310. The van der Waals surface area contributed by atoms with Crippen molar-refractivity contribution in [3.63, 3.8) is 0 Å². The van der Waals surface area contributed by atoms with E-state index < -0.39 is 0 Å². The van der Waals surface area contributed by atoms with Crippen molar-refractivity contribution in [3.05, 3.63) is 41.4 Å². The molecule has 1 N–H and O–H groups in total. The number of hydrogen-bond acceptors (Lipinski definition) is 5. The number of thioether (sulfide) groups is 1. The molecule has 0 amide bonds. The van der Waals surface area contributed by atoms with Crippen LogP contribution in [-0.4, -0.2) is 23.9 Å². The molecular formula is C16H22N2OS2.